The van der Waals surface area contributed by atoms with Gasteiger partial charge in [0.15, 0.2) is 0 Å². The molecule has 0 saturated carbocycles. The van der Waals surface area contributed by atoms with Gasteiger partial charge in [0.2, 0.25) is 12.3 Å². The van der Waals surface area contributed by atoms with Gasteiger partial charge in [0.05, 0.1) is 23.8 Å². The topological polar surface area (TPSA) is 46.6 Å². The van der Waals surface area contributed by atoms with Crippen LogP contribution < -0.4 is 4.90 Å². The summed E-state index contributed by atoms with van der Waals surface area (Å²) in [5.74, 6) is -0.402. The van der Waals surface area contributed by atoms with Crippen molar-refractivity contribution in [2.45, 2.75) is 19.1 Å². The molecule has 0 spiro atoms. The predicted molar refractivity (Wildman–Crippen MR) is 78.1 cm³/mol. The molecular formula is C15H14BrNO3. The summed E-state index contributed by atoms with van der Waals surface area (Å²) >= 11 is 3.33. The van der Waals surface area contributed by atoms with Crippen molar-refractivity contribution in [2.24, 2.45) is 11.8 Å². The van der Waals surface area contributed by atoms with Crippen molar-refractivity contribution in [3.63, 3.8) is 0 Å². The number of ether oxygens (including phenoxy) is 1. The molecule has 1 saturated heterocycles. The monoisotopic (exact) mass is 335 g/mol. The first-order chi connectivity index (χ1) is 9.61. The smallest absolute Gasteiger partial charge is 0.239 e. The van der Waals surface area contributed by atoms with E-state index in [0.29, 0.717) is 12.1 Å². The number of hydrogen-bond acceptors (Lipinski definition) is 3. The van der Waals surface area contributed by atoms with Gasteiger partial charge < -0.3 is 4.74 Å². The van der Waals surface area contributed by atoms with E-state index in [-0.39, 0.29) is 30.0 Å². The standard InChI is InChI=1S/C15H14BrNO3/c1-9-12-6-7-13(20-12)14(9)15(19)17(8-18)11-4-2-10(16)3-5-11/h2-9,12-14H,1H3/t9-,12?,13?,14-/m1/s1. The van der Waals surface area contributed by atoms with Crippen molar-refractivity contribution in [3.05, 3.63) is 40.9 Å². The first kappa shape index (κ1) is 13.5. The second kappa shape index (κ2) is 5.14. The lowest BCUT2D eigenvalue weighted by atomic mass is 9.83. The number of anilines is 1. The molecule has 2 bridgehead atoms. The highest BCUT2D eigenvalue weighted by Gasteiger charge is 2.48. The summed E-state index contributed by atoms with van der Waals surface area (Å²) in [5, 5.41) is 0. The molecule has 2 aliphatic rings. The Bertz CT molecular complexity index is 569. The van der Waals surface area contributed by atoms with Crippen LogP contribution in [0.1, 0.15) is 6.92 Å². The maximum Gasteiger partial charge on any atom is 0.239 e. The van der Waals surface area contributed by atoms with Crippen LogP contribution in [-0.4, -0.2) is 24.5 Å². The highest BCUT2D eigenvalue weighted by atomic mass is 79.9. The third-order valence-electron chi connectivity index (χ3n) is 3.98. The summed E-state index contributed by atoms with van der Waals surface area (Å²) in [7, 11) is 0. The van der Waals surface area contributed by atoms with Gasteiger partial charge in [0.25, 0.3) is 0 Å². The largest absolute Gasteiger partial charge is 0.366 e. The fourth-order valence-corrected chi connectivity index (χ4v) is 3.13. The van der Waals surface area contributed by atoms with Gasteiger partial charge in [-0.05, 0) is 24.3 Å². The van der Waals surface area contributed by atoms with Gasteiger partial charge in [-0.25, -0.2) is 0 Å². The van der Waals surface area contributed by atoms with E-state index in [0.717, 1.165) is 4.47 Å². The molecule has 0 aliphatic carbocycles. The summed E-state index contributed by atoms with van der Waals surface area (Å²) in [5.41, 5.74) is 0.576. The van der Waals surface area contributed by atoms with Crippen LogP contribution in [0.2, 0.25) is 0 Å². The molecule has 2 heterocycles. The van der Waals surface area contributed by atoms with E-state index in [4.69, 9.17) is 4.74 Å². The summed E-state index contributed by atoms with van der Waals surface area (Å²) in [6.07, 6.45) is 4.27. The Morgan fingerprint density at radius 2 is 1.90 bits per heavy atom. The number of carbonyl (C=O) groups is 2. The summed E-state index contributed by atoms with van der Waals surface area (Å²) in [6, 6.07) is 7.09. The van der Waals surface area contributed by atoms with Crippen LogP contribution >= 0.6 is 15.9 Å². The van der Waals surface area contributed by atoms with Crippen molar-refractivity contribution in [3.8, 4) is 0 Å². The number of halogens is 1. The van der Waals surface area contributed by atoms with E-state index in [1.165, 1.54) is 4.90 Å². The first-order valence-corrected chi connectivity index (χ1v) is 7.29. The molecule has 3 rings (SSSR count). The summed E-state index contributed by atoms with van der Waals surface area (Å²) in [4.78, 5) is 25.1. The molecule has 2 unspecified atom stereocenters. The van der Waals surface area contributed by atoms with Crippen LogP contribution in [0.15, 0.2) is 40.9 Å². The average Bonchev–Trinajstić information content (AvgIpc) is 3.02. The molecule has 5 heteroatoms. The second-order valence-electron chi connectivity index (χ2n) is 5.13. The van der Waals surface area contributed by atoms with E-state index < -0.39 is 0 Å². The lowest BCUT2D eigenvalue weighted by molar-refractivity contribution is -0.126. The Kier molecular flexibility index (Phi) is 3.48. The Labute approximate surface area is 125 Å². The van der Waals surface area contributed by atoms with Gasteiger partial charge in [-0.1, -0.05) is 35.0 Å². The SMILES string of the molecule is C[C@@H]1C2C=CC(O2)[C@@H]1C(=O)N(C=O)c1ccc(Br)cc1. The van der Waals surface area contributed by atoms with Crippen LogP contribution in [-0.2, 0) is 14.3 Å². The second-order valence-corrected chi connectivity index (χ2v) is 6.04. The van der Waals surface area contributed by atoms with E-state index in [9.17, 15) is 9.59 Å². The molecule has 2 aliphatic heterocycles. The average molecular weight is 336 g/mol. The van der Waals surface area contributed by atoms with E-state index in [2.05, 4.69) is 15.9 Å². The highest BCUT2D eigenvalue weighted by Crippen LogP contribution is 2.40. The molecule has 2 amide bonds. The van der Waals surface area contributed by atoms with Crippen molar-refractivity contribution in [1.82, 2.24) is 0 Å². The number of rotatable bonds is 3. The quantitative estimate of drug-likeness (QED) is 0.629. The number of amides is 2. The summed E-state index contributed by atoms with van der Waals surface area (Å²) < 4.78 is 6.59. The molecule has 104 valence electrons. The van der Waals surface area contributed by atoms with E-state index >= 15 is 0 Å². The van der Waals surface area contributed by atoms with Gasteiger partial charge >= 0.3 is 0 Å². The fraction of sp³-hybridized carbons (Fsp3) is 0.333. The number of benzene rings is 1. The number of imide groups is 1. The van der Waals surface area contributed by atoms with Crippen molar-refractivity contribution < 1.29 is 14.3 Å². The molecule has 1 aromatic carbocycles. The number of hydrogen-bond donors (Lipinski definition) is 0. The normalized spacial score (nSPS) is 30.5. The minimum absolute atomic E-state index is 0.00706. The zero-order valence-corrected chi connectivity index (χ0v) is 12.5. The van der Waals surface area contributed by atoms with Crippen molar-refractivity contribution in [1.29, 1.82) is 0 Å². The number of fused-ring (bicyclic) bond motifs is 2. The van der Waals surface area contributed by atoms with Crippen LogP contribution in [0.3, 0.4) is 0 Å². The predicted octanol–water partition coefficient (Wildman–Crippen LogP) is 2.53. The zero-order valence-electron chi connectivity index (χ0n) is 10.9. The minimum Gasteiger partial charge on any atom is -0.366 e. The molecular weight excluding hydrogens is 322 g/mol. The molecule has 0 radical (unpaired) electrons. The fourth-order valence-electron chi connectivity index (χ4n) is 2.87. The molecule has 0 N–H and O–H groups in total. The van der Waals surface area contributed by atoms with Gasteiger partial charge in [-0.2, -0.15) is 0 Å². The lowest BCUT2D eigenvalue weighted by Gasteiger charge is -2.25. The molecule has 0 aromatic heterocycles. The maximum atomic E-state index is 12.6. The first-order valence-electron chi connectivity index (χ1n) is 6.49. The maximum absolute atomic E-state index is 12.6. The van der Waals surface area contributed by atoms with Crippen LogP contribution in [0.25, 0.3) is 0 Å². The van der Waals surface area contributed by atoms with Gasteiger partial charge in [-0.3, -0.25) is 14.5 Å². The van der Waals surface area contributed by atoms with Crippen LogP contribution in [0.4, 0.5) is 5.69 Å². The Morgan fingerprint density at radius 1 is 1.25 bits per heavy atom. The van der Waals surface area contributed by atoms with Crippen molar-refractivity contribution in [2.75, 3.05) is 4.90 Å². The number of nitrogens with zero attached hydrogens (tertiary/aromatic N) is 1. The van der Waals surface area contributed by atoms with E-state index in [1.807, 2.05) is 19.1 Å². The molecule has 4 nitrogen and oxygen atoms in total. The Balaban J connectivity index is 1.86. The lowest BCUT2D eigenvalue weighted by Crippen LogP contribution is -2.41. The number of carbonyl (C=O) groups excluding carboxylic acids is 2. The van der Waals surface area contributed by atoms with Gasteiger partial charge in [0, 0.05) is 10.4 Å². The minimum atomic E-state index is -0.293. The zero-order chi connectivity index (χ0) is 14.3. The molecule has 4 atom stereocenters. The Morgan fingerprint density at radius 3 is 2.45 bits per heavy atom. The van der Waals surface area contributed by atoms with E-state index in [1.54, 1.807) is 24.3 Å². The highest BCUT2D eigenvalue weighted by molar-refractivity contribution is 9.10. The van der Waals surface area contributed by atoms with Crippen LogP contribution in [0.5, 0.6) is 0 Å². The molecule has 20 heavy (non-hydrogen) atoms. The van der Waals surface area contributed by atoms with Crippen molar-refractivity contribution >= 4 is 33.9 Å². The summed E-state index contributed by atoms with van der Waals surface area (Å²) in [6.45, 7) is 1.99. The molecule has 1 fully saturated rings. The van der Waals surface area contributed by atoms with Gasteiger partial charge in [-0.15, -0.1) is 0 Å². The third kappa shape index (κ3) is 2.11. The third-order valence-corrected chi connectivity index (χ3v) is 4.50. The van der Waals surface area contributed by atoms with Gasteiger partial charge in [0.1, 0.15) is 0 Å². The molecule has 1 aromatic rings. The van der Waals surface area contributed by atoms with Crippen LogP contribution in [0, 0.1) is 11.8 Å². The Hall–Kier alpha value is -1.46.